The maximum Gasteiger partial charge on any atom is 0.230 e. The third-order valence-electron chi connectivity index (χ3n) is 4.80. The zero-order valence-corrected chi connectivity index (χ0v) is 16.7. The van der Waals surface area contributed by atoms with Gasteiger partial charge in [0.25, 0.3) is 0 Å². The smallest absolute Gasteiger partial charge is 0.230 e. The van der Waals surface area contributed by atoms with E-state index in [1.54, 1.807) is 11.3 Å². The number of hydrogen-bond donors (Lipinski definition) is 1. The van der Waals surface area contributed by atoms with E-state index in [2.05, 4.69) is 39.6 Å². The number of allylic oxidation sites excluding steroid dienone is 1. The Hall–Kier alpha value is -2.12. The van der Waals surface area contributed by atoms with Crippen LogP contribution in [0.5, 0.6) is 0 Å². The van der Waals surface area contributed by atoms with Crippen molar-refractivity contribution in [3.05, 3.63) is 42.3 Å². The van der Waals surface area contributed by atoms with E-state index in [-0.39, 0.29) is 5.91 Å². The molecule has 0 bridgehead atoms. The number of carbonyl (C=O) groups is 1. The summed E-state index contributed by atoms with van der Waals surface area (Å²) in [5.74, 6) is 1.25. The highest BCUT2D eigenvalue weighted by atomic mass is 32.2. The van der Waals surface area contributed by atoms with Crippen LogP contribution in [-0.2, 0) is 11.3 Å². The molecule has 1 saturated carbocycles. The molecule has 1 N–H and O–H groups in total. The summed E-state index contributed by atoms with van der Waals surface area (Å²) >= 11 is 3.14. The summed E-state index contributed by atoms with van der Waals surface area (Å²) in [7, 11) is 0. The summed E-state index contributed by atoms with van der Waals surface area (Å²) in [5, 5.41) is 16.0. The average molecular weight is 399 g/mol. The molecule has 2 aromatic heterocycles. The number of nitrogens with one attached hydrogen (secondary N) is 1. The largest absolute Gasteiger partial charge is 0.353 e. The van der Waals surface area contributed by atoms with Gasteiger partial charge in [0.15, 0.2) is 11.0 Å². The Labute approximate surface area is 166 Å². The highest BCUT2D eigenvalue weighted by molar-refractivity contribution is 7.99. The Morgan fingerprint density at radius 2 is 2.15 bits per heavy atom. The van der Waals surface area contributed by atoms with Gasteiger partial charge in [-0.15, -0.1) is 28.1 Å². The van der Waals surface area contributed by atoms with Gasteiger partial charge in [0.2, 0.25) is 5.91 Å². The van der Waals surface area contributed by atoms with Crippen molar-refractivity contribution in [1.29, 1.82) is 0 Å². The number of aromatic nitrogens is 3. The van der Waals surface area contributed by atoms with Crippen molar-refractivity contribution in [3.63, 3.8) is 0 Å². The molecule has 27 heavy (non-hydrogen) atoms. The van der Waals surface area contributed by atoms with Crippen molar-refractivity contribution in [2.24, 2.45) is 0 Å². The minimum Gasteiger partial charge on any atom is -0.353 e. The number of carbonyl (C=O) groups excluding carboxylic acids is 1. The third-order valence-corrected chi connectivity index (χ3v) is 6.73. The highest BCUT2D eigenvalue weighted by Crippen LogP contribution is 2.34. The molecule has 4 rings (SSSR count). The first-order valence-electron chi connectivity index (χ1n) is 9.19. The fourth-order valence-corrected chi connectivity index (χ4v) is 5.21. The van der Waals surface area contributed by atoms with E-state index in [1.165, 1.54) is 34.7 Å². The van der Waals surface area contributed by atoms with E-state index in [4.69, 9.17) is 0 Å². The lowest BCUT2D eigenvalue weighted by Gasteiger charge is -2.11. The maximum absolute atomic E-state index is 12.2. The first-order chi connectivity index (χ1) is 13.3. The van der Waals surface area contributed by atoms with Crippen LogP contribution < -0.4 is 5.32 Å². The molecule has 5 nitrogen and oxygen atoms in total. The molecule has 1 aromatic carbocycles. The van der Waals surface area contributed by atoms with E-state index < -0.39 is 0 Å². The van der Waals surface area contributed by atoms with Gasteiger partial charge in [-0.2, -0.15) is 0 Å². The van der Waals surface area contributed by atoms with Crippen LogP contribution in [0.15, 0.2) is 47.5 Å². The molecular formula is C20H22N4OS2. The topological polar surface area (TPSA) is 59.8 Å². The second-order valence-electron chi connectivity index (χ2n) is 6.69. The Morgan fingerprint density at radius 3 is 2.96 bits per heavy atom. The Morgan fingerprint density at radius 1 is 1.33 bits per heavy atom. The maximum atomic E-state index is 12.2. The molecule has 2 heterocycles. The molecule has 1 aliphatic carbocycles. The van der Waals surface area contributed by atoms with Gasteiger partial charge in [0.05, 0.1) is 5.75 Å². The predicted molar refractivity (Wildman–Crippen MR) is 112 cm³/mol. The van der Waals surface area contributed by atoms with Crippen molar-refractivity contribution in [1.82, 2.24) is 20.1 Å². The minimum atomic E-state index is 0.0718. The van der Waals surface area contributed by atoms with Crippen LogP contribution in [0.25, 0.3) is 21.5 Å². The molecule has 0 radical (unpaired) electrons. The highest BCUT2D eigenvalue weighted by Gasteiger charge is 2.20. The summed E-state index contributed by atoms with van der Waals surface area (Å²) < 4.78 is 3.26. The van der Waals surface area contributed by atoms with Crippen LogP contribution >= 0.6 is 23.1 Å². The van der Waals surface area contributed by atoms with Crippen molar-refractivity contribution in [2.75, 3.05) is 5.75 Å². The van der Waals surface area contributed by atoms with Crippen LogP contribution in [0.1, 0.15) is 25.7 Å². The summed E-state index contributed by atoms with van der Waals surface area (Å²) in [4.78, 5) is 12.2. The van der Waals surface area contributed by atoms with Gasteiger partial charge < -0.3 is 5.32 Å². The summed E-state index contributed by atoms with van der Waals surface area (Å²) in [5.41, 5.74) is 1.08. The molecule has 0 spiro atoms. The molecule has 1 fully saturated rings. The Balaban J connectivity index is 1.53. The molecule has 0 saturated heterocycles. The summed E-state index contributed by atoms with van der Waals surface area (Å²) in [6.07, 6.45) is 6.45. The second kappa shape index (κ2) is 8.27. The number of hydrogen-bond acceptors (Lipinski definition) is 5. The van der Waals surface area contributed by atoms with Crippen LogP contribution in [0, 0.1) is 0 Å². The molecule has 1 aliphatic rings. The number of thioether (sulfide) groups is 1. The fourth-order valence-electron chi connectivity index (χ4n) is 3.51. The molecular weight excluding hydrogens is 376 g/mol. The normalized spacial score (nSPS) is 14.7. The lowest BCUT2D eigenvalue weighted by molar-refractivity contribution is -0.119. The lowest BCUT2D eigenvalue weighted by Crippen LogP contribution is -2.33. The number of nitrogens with zero attached hydrogens (tertiary/aromatic N) is 3. The monoisotopic (exact) mass is 398 g/mol. The predicted octanol–water partition coefficient (Wildman–Crippen LogP) is 4.50. The zero-order chi connectivity index (χ0) is 18.6. The Kier molecular flexibility index (Phi) is 5.59. The van der Waals surface area contributed by atoms with Gasteiger partial charge in [-0.05, 0) is 18.9 Å². The van der Waals surface area contributed by atoms with Crippen molar-refractivity contribution < 1.29 is 4.79 Å². The van der Waals surface area contributed by atoms with Crippen molar-refractivity contribution in [3.8, 4) is 11.4 Å². The Bertz CT molecular complexity index is 956. The number of benzene rings is 1. The standard InChI is InChI=1S/C20H22N4OS2/c1-2-11-24-19(16-12-26-17-10-6-5-9-15(16)17)22-23-20(24)27-13-18(25)21-14-7-3-4-8-14/h2,5-6,9-10,12,14H,1,3-4,7-8,11,13H2,(H,21,25). The molecule has 0 atom stereocenters. The molecule has 1 amide bonds. The van der Waals surface area contributed by atoms with E-state index in [0.29, 0.717) is 18.3 Å². The SMILES string of the molecule is C=CCn1c(SCC(=O)NC2CCCC2)nnc1-c1csc2ccccc12. The molecule has 3 aromatic rings. The number of amides is 1. The van der Waals surface area contributed by atoms with Crippen LogP contribution in [0.3, 0.4) is 0 Å². The van der Waals surface area contributed by atoms with Gasteiger partial charge in [-0.3, -0.25) is 9.36 Å². The number of rotatable bonds is 7. The van der Waals surface area contributed by atoms with Gasteiger partial charge in [0.1, 0.15) is 0 Å². The van der Waals surface area contributed by atoms with Crippen LogP contribution in [-0.4, -0.2) is 32.5 Å². The first kappa shape index (κ1) is 18.3. The summed E-state index contributed by atoms with van der Waals surface area (Å²) in [6, 6.07) is 8.64. The first-order valence-corrected chi connectivity index (χ1v) is 11.1. The number of thiophene rings is 1. The lowest BCUT2D eigenvalue weighted by atomic mass is 10.1. The van der Waals surface area contributed by atoms with Crippen molar-refractivity contribution in [2.45, 2.75) is 43.4 Å². The fraction of sp³-hybridized carbons (Fsp3) is 0.350. The summed E-state index contributed by atoms with van der Waals surface area (Å²) in [6.45, 7) is 4.47. The minimum absolute atomic E-state index is 0.0718. The van der Waals surface area contributed by atoms with E-state index in [0.717, 1.165) is 29.4 Å². The van der Waals surface area contributed by atoms with Crippen molar-refractivity contribution >= 4 is 39.1 Å². The molecule has 140 valence electrons. The quantitative estimate of drug-likeness (QED) is 0.470. The molecule has 7 heteroatoms. The molecule has 0 unspecified atom stereocenters. The van der Waals surface area contributed by atoms with Crippen LogP contribution in [0.2, 0.25) is 0 Å². The van der Waals surface area contributed by atoms with Gasteiger partial charge in [0, 0.05) is 33.6 Å². The third kappa shape index (κ3) is 3.94. The molecule has 0 aliphatic heterocycles. The van der Waals surface area contributed by atoms with Crippen LogP contribution in [0.4, 0.5) is 0 Å². The van der Waals surface area contributed by atoms with Gasteiger partial charge >= 0.3 is 0 Å². The zero-order valence-electron chi connectivity index (χ0n) is 15.1. The second-order valence-corrected chi connectivity index (χ2v) is 8.54. The number of fused-ring (bicyclic) bond motifs is 1. The average Bonchev–Trinajstić information content (AvgIpc) is 3.40. The van der Waals surface area contributed by atoms with E-state index in [1.807, 2.05) is 22.8 Å². The van der Waals surface area contributed by atoms with Gasteiger partial charge in [-0.1, -0.05) is 48.9 Å². The van der Waals surface area contributed by atoms with E-state index in [9.17, 15) is 4.79 Å². The van der Waals surface area contributed by atoms with Gasteiger partial charge in [-0.25, -0.2) is 0 Å². The van der Waals surface area contributed by atoms with E-state index >= 15 is 0 Å².